The third-order valence-corrected chi connectivity index (χ3v) is 5.79. The number of ether oxygens (including phenoxy) is 1. The first-order chi connectivity index (χ1) is 14.0. The van der Waals surface area contributed by atoms with E-state index >= 15 is 0 Å². The molecule has 2 amide bonds. The Balaban J connectivity index is 1.27. The van der Waals surface area contributed by atoms with Gasteiger partial charge in [0.1, 0.15) is 11.8 Å². The Morgan fingerprint density at radius 3 is 2.69 bits per heavy atom. The van der Waals surface area contributed by atoms with Crippen LogP contribution in [0.4, 0.5) is 0 Å². The van der Waals surface area contributed by atoms with Crippen molar-refractivity contribution in [3.8, 4) is 5.75 Å². The molecule has 8 nitrogen and oxygen atoms in total. The second-order valence-corrected chi connectivity index (χ2v) is 7.70. The number of amides is 2. The molecular formula is C21H26N4O4. The van der Waals surface area contributed by atoms with Crippen LogP contribution in [0.5, 0.6) is 5.75 Å². The fourth-order valence-electron chi connectivity index (χ4n) is 4.00. The Morgan fingerprint density at radius 1 is 1.24 bits per heavy atom. The van der Waals surface area contributed by atoms with E-state index in [0.29, 0.717) is 37.6 Å². The molecule has 0 bridgehead atoms. The molecule has 0 spiro atoms. The summed E-state index contributed by atoms with van der Waals surface area (Å²) in [6, 6.07) is 7.67. The summed E-state index contributed by atoms with van der Waals surface area (Å²) < 4.78 is 10.6. The Labute approximate surface area is 169 Å². The monoisotopic (exact) mass is 398 g/mol. The number of rotatable bonds is 6. The fraction of sp³-hybridized carbons (Fsp3) is 0.524. The van der Waals surface area contributed by atoms with Crippen LogP contribution in [-0.4, -0.2) is 58.5 Å². The SMILES string of the molecule is COc1ccc(CCC(=O)N2CC(c3noc(C4CCCN4C(C)=O)n3)C2)cc1. The number of carbonyl (C=O) groups excluding carboxylic acids is 2. The van der Waals surface area contributed by atoms with E-state index in [9.17, 15) is 9.59 Å². The van der Waals surface area contributed by atoms with Crippen LogP contribution >= 0.6 is 0 Å². The highest BCUT2D eigenvalue weighted by Gasteiger charge is 2.37. The van der Waals surface area contributed by atoms with Crippen molar-refractivity contribution in [3.05, 3.63) is 41.5 Å². The van der Waals surface area contributed by atoms with Crippen LogP contribution < -0.4 is 4.74 Å². The smallest absolute Gasteiger partial charge is 0.249 e. The average Bonchev–Trinajstić information content (AvgIpc) is 3.35. The lowest BCUT2D eigenvalue weighted by Crippen LogP contribution is -2.48. The van der Waals surface area contributed by atoms with E-state index in [1.807, 2.05) is 29.2 Å². The van der Waals surface area contributed by atoms with E-state index in [1.54, 1.807) is 18.9 Å². The zero-order valence-electron chi connectivity index (χ0n) is 16.8. The molecule has 2 fully saturated rings. The van der Waals surface area contributed by atoms with E-state index in [2.05, 4.69) is 10.1 Å². The zero-order valence-corrected chi connectivity index (χ0v) is 16.8. The van der Waals surface area contributed by atoms with E-state index in [1.165, 1.54) is 0 Å². The molecule has 1 aromatic heterocycles. The van der Waals surface area contributed by atoms with E-state index in [4.69, 9.17) is 9.26 Å². The molecule has 1 aromatic carbocycles. The van der Waals surface area contributed by atoms with Crippen molar-refractivity contribution in [3.63, 3.8) is 0 Å². The normalized spacial score (nSPS) is 19.3. The number of aryl methyl sites for hydroxylation is 1. The Morgan fingerprint density at radius 2 is 2.00 bits per heavy atom. The second kappa shape index (κ2) is 8.23. The Hall–Kier alpha value is -2.90. The largest absolute Gasteiger partial charge is 0.497 e. The first-order valence-corrected chi connectivity index (χ1v) is 10.1. The molecule has 3 heterocycles. The minimum Gasteiger partial charge on any atom is -0.497 e. The maximum absolute atomic E-state index is 12.4. The van der Waals surface area contributed by atoms with Crippen molar-refractivity contribution in [2.45, 2.75) is 44.6 Å². The first kappa shape index (κ1) is 19.4. The molecule has 1 atom stereocenters. The lowest BCUT2D eigenvalue weighted by molar-refractivity contribution is -0.135. The standard InChI is InChI=1S/C21H26N4O4/c1-14(26)25-11-3-4-18(25)21-22-20(23-29-21)16-12-24(13-16)19(27)10-7-15-5-8-17(28-2)9-6-15/h5-6,8-9,16,18H,3-4,7,10-13H2,1-2H3. The van der Waals surface area contributed by atoms with E-state index in [0.717, 1.165) is 30.7 Å². The summed E-state index contributed by atoms with van der Waals surface area (Å²) in [4.78, 5) is 32.3. The van der Waals surface area contributed by atoms with Crippen LogP contribution in [-0.2, 0) is 16.0 Å². The molecule has 1 unspecified atom stereocenters. The van der Waals surface area contributed by atoms with Crippen LogP contribution in [0.3, 0.4) is 0 Å². The highest BCUT2D eigenvalue weighted by molar-refractivity contribution is 5.77. The van der Waals surface area contributed by atoms with Gasteiger partial charge in [-0.05, 0) is 37.0 Å². The molecule has 0 radical (unpaired) electrons. The van der Waals surface area contributed by atoms with Crippen LogP contribution in [0.1, 0.15) is 55.4 Å². The van der Waals surface area contributed by atoms with Gasteiger partial charge in [-0.2, -0.15) is 4.98 Å². The van der Waals surface area contributed by atoms with Gasteiger partial charge in [0.2, 0.25) is 17.7 Å². The second-order valence-electron chi connectivity index (χ2n) is 7.70. The van der Waals surface area contributed by atoms with E-state index in [-0.39, 0.29) is 23.8 Å². The van der Waals surface area contributed by atoms with Crippen molar-refractivity contribution in [1.29, 1.82) is 0 Å². The van der Waals surface area contributed by atoms with Gasteiger partial charge in [-0.25, -0.2) is 0 Å². The number of nitrogens with zero attached hydrogens (tertiary/aromatic N) is 4. The number of hydrogen-bond acceptors (Lipinski definition) is 6. The number of carbonyl (C=O) groups is 2. The Kier molecular flexibility index (Phi) is 5.51. The molecule has 4 rings (SSSR count). The summed E-state index contributed by atoms with van der Waals surface area (Å²) in [7, 11) is 1.64. The van der Waals surface area contributed by atoms with Gasteiger partial charge in [0.25, 0.3) is 0 Å². The third-order valence-electron chi connectivity index (χ3n) is 5.79. The van der Waals surface area contributed by atoms with Gasteiger partial charge < -0.3 is 19.1 Å². The fourth-order valence-corrected chi connectivity index (χ4v) is 4.00. The topological polar surface area (TPSA) is 88.8 Å². The number of methoxy groups -OCH3 is 1. The molecule has 2 saturated heterocycles. The minimum atomic E-state index is -0.115. The quantitative estimate of drug-likeness (QED) is 0.742. The molecule has 0 saturated carbocycles. The summed E-state index contributed by atoms with van der Waals surface area (Å²) in [6.45, 7) is 3.53. The maximum Gasteiger partial charge on any atom is 0.249 e. The molecule has 2 aromatic rings. The van der Waals surface area contributed by atoms with Crippen LogP contribution in [0.15, 0.2) is 28.8 Å². The van der Waals surface area contributed by atoms with Crippen molar-refractivity contribution in [1.82, 2.24) is 19.9 Å². The number of benzene rings is 1. The maximum atomic E-state index is 12.4. The summed E-state index contributed by atoms with van der Waals surface area (Å²) in [5, 5.41) is 4.11. The lowest BCUT2D eigenvalue weighted by Gasteiger charge is -2.37. The van der Waals surface area contributed by atoms with Gasteiger partial charge in [0.05, 0.1) is 13.0 Å². The molecule has 29 heavy (non-hydrogen) atoms. The molecule has 154 valence electrons. The summed E-state index contributed by atoms with van der Waals surface area (Å²) >= 11 is 0. The molecule has 8 heteroatoms. The van der Waals surface area contributed by atoms with Crippen LogP contribution in [0, 0.1) is 0 Å². The molecular weight excluding hydrogens is 372 g/mol. The van der Waals surface area contributed by atoms with Gasteiger partial charge in [-0.1, -0.05) is 17.3 Å². The molecule has 2 aliphatic heterocycles. The number of aromatic nitrogens is 2. The van der Waals surface area contributed by atoms with Gasteiger partial charge in [0, 0.05) is 33.0 Å². The first-order valence-electron chi connectivity index (χ1n) is 10.1. The van der Waals surface area contributed by atoms with Crippen molar-refractivity contribution in [2.24, 2.45) is 0 Å². The highest BCUT2D eigenvalue weighted by atomic mass is 16.5. The zero-order chi connectivity index (χ0) is 20.4. The van der Waals surface area contributed by atoms with Gasteiger partial charge in [0.15, 0.2) is 5.82 Å². The number of likely N-dealkylation sites (tertiary alicyclic amines) is 2. The van der Waals surface area contributed by atoms with Crippen LogP contribution in [0.25, 0.3) is 0 Å². The van der Waals surface area contributed by atoms with Crippen LogP contribution in [0.2, 0.25) is 0 Å². The van der Waals surface area contributed by atoms with Gasteiger partial charge >= 0.3 is 0 Å². The molecule has 0 aliphatic carbocycles. The van der Waals surface area contributed by atoms with Crippen molar-refractivity contribution >= 4 is 11.8 Å². The summed E-state index contributed by atoms with van der Waals surface area (Å²) in [5.74, 6) is 2.23. The average molecular weight is 398 g/mol. The van der Waals surface area contributed by atoms with Gasteiger partial charge in [-0.3, -0.25) is 9.59 Å². The minimum absolute atomic E-state index is 0.0320. The van der Waals surface area contributed by atoms with Crippen molar-refractivity contribution in [2.75, 3.05) is 26.7 Å². The molecule has 0 N–H and O–H groups in total. The Bertz CT molecular complexity index is 873. The van der Waals surface area contributed by atoms with E-state index < -0.39 is 0 Å². The number of hydrogen-bond donors (Lipinski definition) is 0. The lowest BCUT2D eigenvalue weighted by atomic mass is 9.98. The highest BCUT2D eigenvalue weighted by Crippen LogP contribution is 2.33. The van der Waals surface area contributed by atoms with Crippen molar-refractivity contribution < 1.29 is 18.8 Å². The molecule has 2 aliphatic rings. The summed E-state index contributed by atoms with van der Waals surface area (Å²) in [6.07, 6.45) is 2.98. The predicted octanol–water partition coefficient (Wildman–Crippen LogP) is 2.32. The van der Waals surface area contributed by atoms with Gasteiger partial charge in [-0.15, -0.1) is 0 Å². The third kappa shape index (κ3) is 4.11. The predicted molar refractivity (Wildman–Crippen MR) is 104 cm³/mol. The summed E-state index contributed by atoms with van der Waals surface area (Å²) in [5.41, 5.74) is 1.12.